The van der Waals surface area contributed by atoms with Gasteiger partial charge in [-0.1, -0.05) is 104 Å². The lowest BCUT2D eigenvalue weighted by Crippen LogP contribution is -2.31. The predicted octanol–water partition coefficient (Wildman–Crippen LogP) is 6.22. The van der Waals surface area contributed by atoms with Crippen LogP contribution < -0.4 is 11.3 Å². The molecule has 0 saturated heterocycles. The zero-order valence-electron chi connectivity index (χ0n) is 22.7. The molecular formula is C32H33ClN4O3. The van der Waals surface area contributed by atoms with Crippen LogP contribution in [0.4, 0.5) is 0 Å². The Kier molecular flexibility index (Phi) is 9.51. The van der Waals surface area contributed by atoms with Gasteiger partial charge in [0.2, 0.25) is 0 Å². The first-order valence-corrected chi connectivity index (χ1v) is 13.5. The molecule has 0 unspecified atom stereocenters. The fourth-order valence-corrected chi connectivity index (χ4v) is 4.91. The minimum absolute atomic E-state index is 0. The molecule has 0 aliphatic carbocycles. The van der Waals surface area contributed by atoms with E-state index in [4.69, 9.17) is 9.51 Å². The lowest BCUT2D eigenvalue weighted by molar-refractivity contribution is 0.388. The topological polar surface area (TPSA) is 93.8 Å². The van der Waals surface area contributed by atoms with E-state index in [1.807, 2.05) is 71.3 Å². The minimum Gasteiger partial charge on any atom is -0.296 e. The van der Waals surface area contributed by atoms with Crippen molar-refractivity contribution >= 4 is 12.4 Å². The van der Waals surface area contributed by atoms with Gasteiger partial charge in [0.25, 0.3) is 5.56 Å². The molecule has 5 rings (SSSR count). The number of aromatic nitrogens is 4. The van der Waals surface area contributed by atoms with E-state index in [0.29, 0.717) is 25.2 Å². The van der Waals surface area contributed by atoms with Crippen LogP contribution >= 0.6 is 12.4 Å². The third-order valence-electron chi connectivity index (χ3n) is 6.96. The quantitative estimate of drug-likeness (QED) is 0.220. The molecule has 0 radical (unpaired) electrons. The fourth-order valence-electron chi connectivity index (χ4n) is 4.91. The maximum Gasteiger partial charge on any atom is 0.439 e. The second-order valence-electron chi connectivity index (χ2n) is 9.65. The van der Waals surface area contributed by atoms with Gasteiger partial charge in [-0.25, -0.2) is 9.78 Å². The summed E-state index contributed by atoms with van der Waals surface area (Å²) >= 11 is 0. The summed E-state index contributed by atoms with van der Waals surface area (Å²) in [5.41, 5.74) is 6.53. The molecular weight excluding hydrogens is 524 g/mol. The van der Waals surface area contributed by atoms with Crippen molar-refractivity contribution in [3.05, 3.63) is 128 Å². The molecule has 5 aromatic rings. The molecule has 7 nitrogen and oxygen atoms in total. The van der Waals surface area contributed by atoms with E-state index >= 15 is 0 Å². The highest BCUT2D eigenvalue weighted by Gasteiger charge is 2.17. The Balaban J connectivity index is 0.00000370. The van der Waals surface area contributed by atoms with Crippen LogP contribution in [0, 0.1) is 0 Å². The summed E-state index contributed by atoms with van der Waals surface area (Å²) in [4.78, 5) is 33.1. The summed E-state index contributed by atoms with van der Waals surface area (Å²) in [6.07, 6.45) is 4.04. The number of hydrogen-bond acceptors (Lipinski definition) is 5. The summed E-state index contributed by atoms with van der Waals surface area (Å²) in [6.45, 7) is 4.72. The average Bonchev–Trinajstić information content (AvgIpc) is 3.41. The molecule has 3 aromatic carbocycles. The van der Waals surface area contributed by atoms with Gasteiger partial charge in [0.05, 0.1) is 12.2 Å². The number of aryl methyl sites for hydroxylation is 2. The first-order chi connectivity index (χ1) is 19.1. The van der Waals surface area contributed by atoms with Gasteiger partial charge in [0.15, 0.2) is 5.82 Å². The first kappa shape index (κ1) is 28.8. The molecule has 0 saturated carbocycles. The molecule has 2 heterocycles. The number of nitrogens with one attached hydrogen (secondary N) is 1. The van der Waals surface area contributed by atoms with Crippen molar-refractivity contribution in [3.8, 4) is 22.5 Å². The van der Waals surface area contributed by atoms with Crippen LogP contribution in [-0.4, -0.2) is 19.7 Å². The molecule has 0 spiro atoms. The second-order valence-corrected chi connectivity index (χ2v) is 9.65. The van der Waals surface area contributed by atoms with Gasteiger partial charge in [-0.3, -0.25) is 18.9 Å². The molecule has 0 atom stereocenters. The van der Waals surface area contributed by atoms with Gasteiger partial charge >= 0.3 is 5.76 Å². The largest absolute Gasteiger partial charge is 0.439 e. The molecule has 206 valence electrons. The van der Waals surface area contributed by atoms with E-state index in [1.54, 1.807) is 0 Å². The van der Waals surface area contributed by atoms with Crippen molar-refractivity contribution in [3.63, 3.8) is 0 Å². The maximum absolute atomic E-state index is 13.9. The van der Waals surface area contributed by atoms with Gasteiger partial charge in [-0.2, -0.15) is 0 Å². The molecule has 1 N–H and O–H groups in total. The number of halogens is 1. The molecule has 0 bridgehead atoms. The van der Waals surface area contributed by atoms with E-state index in [-0.39, 0.29) is 18.0 Å². The molecule has 2 aromatic heterocycles. The van der Waals surface area contributed by atoms with Crippen molar-refractivity contribution in [2.24, 2.45) is 0 Å². The zero-order valence-corrected chi connectivity index (χ0v) is 23.5. The highest BCUT2D eigenvalue weighted by molar-refractivity contribution is 5.85. The van der Waals surface area contributed by atoms with Crippen LogP contribution in [0.25, 0.3) is 22.5 Å². The summed E-state index contributed by atoms with van der Waals surface area (Å²) in [5.74, 6) is 0.632. The Hall–Kier alpha value is -4.23. The molecule has 0 aliphatic rings. The minimum atomic E-state index is -0.588. The maximum atomic E-state index is 13.9. The fraction of sp³-hybridized carbons (Fsp3) is 0.250. The molecule has 40 heavy (non-hydrogen) atoms. The van der Waals surface area contributed by atoms with Crippen LogP contribution in [0.5, 0.6) is 0 Å². The Labute approximate surface area is 239 Å². The van der Waals surface area contributed by atoms with E-state index in [2.05, 4.69) is 36.1 Å². The highest BCUT2D eigenvalue weighted by atomic mass is 35.5. The van der Waals surface area contributed by atoms with Gasteiger partial charge in [0, 0.05) is 24.0 Å². The summed E-state index contributed by atoms with van der Waals surface area (Å²) in [5, 5.41) is 3.85. The van der Waals surface area contributed by atoms with Gasteiger partial charge in [-0.15, -0.1) is 12.4 Å². The first-order valence-electron chi connectivity index (χ1n) is 13.5. The number of hydrogen-bond donors (Lipinski definition) is 1. The second kappa shape index (κ2) is 13.2. The number of H-pyrrole nitrogens is 1. The van der Waals surface area contributed by atoms with E-state index in [1.165, 1.54) is 0 Å². The van der Waals surface area contributed by atoms with E-state index < -0.39 is 5.76 Å². The van der Waals surface area contributed by atoms with Crippen molar-refractivity contribution < 1.29 is 4.52 Å². The predicted molar refractivity (Wildman–Crippen MR) is 160 cm³/mol. The van der Waals surface area contributed by atoms with Crippen molar-refractivity contribution in [1.82, 2.24) is 19.7 Å². The van der Waals surface area contributed by atoms with Crippen molar-refractivity contribution in [1.29, 1.82) is 0 Å². The van der Waals surface area contributed by atoms with Crippen LogP contribution in [0.2, 0.25) is 0 Å². The van der Waals surface area contributed by atoms with Crippen LogP contribution in [0.1, 0.15) is 54.9 Å². The van der Waals surface area contributed by atoms with Gasteiger partial charge in [-0.05, 0) is 35.1 Å². The van der Waals surface area contributed by atoms with Crippen LogP contribution in [-0.2, 0) is 25.8 Å². The molecule has 8 heteroatoms. The third-order valence-corrected chi connectivity index (χ3v) is 6.96. The van der Waals surface area contributed by atoms with Crippen molar-refractivity contribution in [2.45, 2.75) is 52.5 Å². The average molecular weight is 557 g/mol. The van der Waals surface area contributed by atoms with Crippen LogP contribution in [0.3, 0.4) is 0 Å². The van der Waals surface area contributed by atoms with Crippen LogP contribution in [0.15, 0.2) is 93.0 Å². The Morgan fingerprint density at radius 3 is 2.20 bits per heavy atom. The molecule has 0 aliphatic heterocycles. The summed E-state index contributed by atoms with van der Waals surface area (Å²) in [6, 6.07) is 26.0. The van der Waals surface area contributed by atoms with Gasteiger partial charge < -0.3 is 0 Å². The third kappa shape index (κ3) is 6.32. The molecule has 0 fully saturated rings. The van der Waals surface area contributed by atoms with Crippen molar-refractivity contribution in [2.75, 3.05) is 0 Å². The van der Waals surface area contributed by atoms with Gasteiger partial charge in [0.1, 0.15) is 5.82 Å². The standard InChI is InChI=1S/C32H32N4O3.ClH/c1-3-5-15-28-27(31(37)36(29(4-2)33-28)21-23-11-7-6-8-12-23)20-22-16-18-24(19-17-22)25-13-9-10-14-26(25)30-34-32(38)39-35-30;/h6-14,16-19H,3-5,15,20-21H2,1-2H3,(H,34,35,38);1H. The Bertz CT molecular complexity index is 1670. The number of benzene rings is 3. The highest BCUT2D eigenvalue weighted by Crippen LogP contribution is 2.30. The molecule has 0 amide bonds. The number of rotatable bonds is 10. The summed E-state index contributed by atoms with van der Waals surface area (Å²) < 4.78 is 6.55. The smallest absolute Gasteiger partial charge is 0.296 e. The SMILES string of the molecule is CCCCc1nc(CC)n(Cc2ccccc2)c(=O)c1Cc1ccc(-c2ccccc2-c2noc(=O)[nH]2)cc1.Cl. The monoisotopic (exact) mass is 556 g/mol. The number of aromatic amines is 1. The van der Waals surface area contributed by atoms with E-state index in [0.717, 1.165) is 64.2 Å². The lowest BCUT2D eigenvalue weighted by Gasteiger charge is -2.17. The normalized spacial score (nSPS) is 10.8. The number of unbranched alkanes of at least 4 members (excludes halogenated alkanes) is 1. The summed E-state index contributed by atoms with van der Waals surface area (Å²) in [7, 11) is 0. The van der Waals surface area contributed by atoms with E-state index in [9.17, 15) is 9.59 Å². The Morgan fingerprint density at radius 2 is 1.55 bits per heavy atom. The zero-order chi connectivity index (χ0) is 27.2. The lowest BCUT2D eigenvalue weighted by atomic mass is 9.96. The Morgan fingerprint density at radius 1 is 0.850 bits per heavy atom. The number of nitrogens with zero attached hydrogens (tertiary/aromatic N) is 3.